The molecule has 0 saturated heterocycles. The summed E-state index contributed by atoms with van der Waals surface area (Å²) in [5, 5.41) is 0. The average Bonchev–Trinajstić information content (AvgIpc) is 2.43. The van der Waals surface area contributed by atoms with Crippen molar-refractivity contribution in [2.24, 2.45) is 5.73 Å². The second-order valence-electron chi connectivity index (χ2n) is 5.39. The number of hydrogen-bond acceptors (Lipinski definition) is 1. The zero-order valence-electron chi connectivity index (χ0n) is 11.8. The minimum absolute atomic E-state index is 0.250. The van der Waals surface area contributed by atoms with Crippen molar-refractivity contribution >= 4 is 15.9 Å². The fraction of sp³-hybridized carbons (Fsp3) is 0.294. The molecule has 0 bridgehead atoms. The fourth-order valence-electron chi connectivity index (χ4n) is 2.30. The van der Waals surface area contributed by atoms with Crippen LogP contribution in [0.5, 0.6) is 0 Å². The maximum Gasteiger partial charge on any atom is 0.137 e. The average molecular weight is 336 g/mol. The number of halogens is 2. The van der Waals surface area contributed by atoms with E-state index in [1.165, 1.54) is 11.6 Å². The monoisotopic (exact) mass is 335 g/mol. The molecule has 0 aliphatic heterocycles. The first-order valence-corrected chi connectivity index (χ1v) is 7.54. The van der Waals surface area contributed by atoms with Crippen molar-refractivity contribution in [1.82, 2.24) is 0 Å². The summed E-state index contributed by atoms with van der Waals surface area (Å²) in [7, 11) is 0. The molecule has 106 valence electrons. The number of benzene rings is 2. The molecule has 1 atom stereocenters. The molecule has 0 amide bonds. The Bertz CT molecular complexity index is 590. The minimum atomic E-state index is -0.469. The summed E-state index contributed by atoms with van der Waals surface area (Å²) in [6, 6.07) is 13.4. The van der Waals surface area contributed by atoms with Crippen molar-refractivity contribution in [1.29, 1.82) is 0 Å². The van der Waals surface area contributed by atoms with Gasteiger partial charge >= 0.3 is 0 Å². The van der Waals surface area contributed by atoms with Crippen molar-refractivity contribution < 1.29 is 4.39 Å². The highest BCUT2D eigenvalue weighted by Crippen LogP contribution is 2.25. The largest absolute Gasteiger partial charge is 0.321 e. The van der Waals surface area contributed by atoms with E-state index in [9.17, 15) is 4.39 Å². The molecule has 0 radical (unpaired) electrons. The molecule has 0 heterocycles. The molecular formula is C17H19BrFN. The van der Waals surface area contributed by atoms with Crippen LogP contribution in [-0.4, -0.2) is 0 Å². The van der Waals surface area contributed by atoms with E-state index in [2.05, 4.69) is 47.1 Å². The van der Waals surface area contributed by atoms with Gasteiger partial charge in [0, 0.05) is 5.54 Å². The Morgan fingerprint density at radius 1 is 1.10 bits per heavy atom. The summed E-state index contributed by atoms with van der Waals surface area (Å²) < 4.78 is 13.7. The number of aryl methyl sites for hydroxylation is 1. The summed E-state index contributed by atoms with van der Waals surface area (Å²) in [4.78, 5) is 0. The summed E-state index contributed by atoms with van der Waals surface area (Å²) in [5.74, 6) is -0.250. The van der Waals surface area contributed by atoms with Crippen molar-refractivity contribution in [2.45, 2.75) is 32.2 Å². The van der Waals surface area contributed by atoms with E-state index < -0.39 is 5.54 Å². The zero-order chi connectivity index (χ0) is 14.8. The standard InChI is InChI=1S/C17H19BrFN/c1-3-12-4-7-14(8-5-12)17(2,20)11-13-6-9-16(19)15(18)10-13/h4-10H,3,11,20H2,1-2H3. The summed E-state index contributed by atoms with van der Waals surface area (Å²) >= 11 is 3.21. The van der Waals surface area contributed by atoms with Gasteiger partial charge in [0.05, 0.1) is 4.47 Å². The van der Waals surface area contributed by atoms with Crippen LogP contribution in [0.2, 0.25) is 0 Å². The van der Waals surface area contributed by atoms with Gasteiger partial charge < -0.3 is 5.73 Å². The van der Waals surface area contributed by atoms with Gasteiger partial charge in [-0.15, -0.1) is 0 Å². The first-order valence-electron chi connectivity index (χ1n) is 6.74. The molecule has 0 aliphatic carbocycles. The van der Waals surface area contributed by atoms with Crippen LogP contribution in [0.15, 0.2) is 46.9 Å². The molecule has 20 heavy (non-hydrogen) atoms. The van der Waals surface area contributed by atoms with Gasteiger partial charge in [-0.3, -0.25) is 0 Å². The predicted octanol–water partition coefficient (Wildman–Crippen LogP) is 4.57. The van der Waals surface area contributed by atoms with Crippen molar-refractivity contribution in [3.8, 4) is 0 Å². The van der Waals surface area contributed by atoms with Crippen LogP contribution < -0.4 is 5.73 Å². The smallest absolute Gasteiger partial charge is 0.137 e. The van der Waals surface area contributed by atoms with Crippen LogP contribution >= 0.6 is 15.9 Å². The molecule has 0 aliphatic rings. The summed E-state index contributed by atoms with van der Waals surface area (Å²) in [6.45, 7) is 4.14. The lowest BCUT2D eigenvalue weighted by atomic mass is 9.86. The third kappa shape index (κ3) is 3.47. The van der Waals surface area contributed by atoms with E-state index in [4.69, 9.17) is 5.73 Å². The van der Waals surface area contributed by atoms with Gasteiger partial charge in [-0.05, 0) is 64.5 Å². The Kier molecular flexibility index (Phi) is 4.61. The maximum atomic E-state index is 13.3. The van der Waals surface area contributed by atoms with Crippen molar-refractivity contribution in [3.63, 3.8) is 0 Å². The highest BCUT2D eigenvalue weighted by Gasteiger charge is 2.22. The van der Waals surface area contributed by atoms with E-state index >= 15 is 0 Å². The summed E-state index contributed by atoms with van der Waals surface area (Å²) in [5.41, 5.74) is 9.38. The third-order valence-corrected chi connectivity index (χ3v) is 4.18. The quantitative estimate of drug-likeness (QED) is 0.870. The minimum Gasteiger partial charge on any atom is -0.321 e. The van der Waals surface area contributed by atoms with E-state index in [0.717, 1.165) is 17.5 Å². The molecule has 2 N–H and O–H groups in total. The van der Waals surface area contributed by atoms with E-state index in [1.54, 1.807) is 12.1 Å². The Morgan fingerprint density at radius 2 is 1.70 bits per heavy atom. The lowest BCUT2D eigenvalue weighted by molar-refractivity contribution is 0.490. The molecule has 2 aromatic carbocycles. The van der Waals surface area contributed by atoms with Crippen molar-refractivity contribution in [2.75, 3.05) is 0 Å². The van der Waals surface area contributed by atoms with E-state index in [0.29, 0.717) is 10.9 Å². The molecule has 0 fully saturated rings. The van der Waals surface area contributed by atoms with Crippen LogP contribution in [0, 0.1) is 5.82 Å². The lowest BCUT2D eigenvalue weighted by Crippen LogP contribution is -2.35. The molecule has 1 unspecified atom stereocenters. The SMILES string of the molecule is CCc1ccc(C(C)(N)Cc2ccc(F)c(Br)c2)cc1. The highest BCUT2D eigenvalue weighted by molar-refractivity contribution is 9.10. The van der Waals surface area contributed by atoms with Gasteiger partial charge in [0.1, 0.15) is 5.82 Å². The van der Waals surface area contributed by atoms with Crippen LogP contribution in [-0.2, 0) is 18.4 Å². The summed E-state index contributed by atoms with van der Waals surface area (Å²) in [6.07, 6.45) is 1.68. The van der Waals surface area contributed by atoms with Crippen LogP contribution in [0.25, 0.3) is 0 Å². The van der Waals surface area contributed by atoms with Crippen LogP contribution in [0.1, 0.15) is 30.5 Å². The van der Waals surface area contributed by atoms with Crippen LogP contribution in [0.3, 0.4) is 0 Å². The first kappa shape index (κ1) is 15.2. The Balaban J connectivity index is 2.22. The molecular weight excluding hydrogens is 317 g/mol. The Labute approximate surface area is 128 Å². The first-order chi connectivity index (χ1) is 9.42. The Morgan fingerprint density at radius 3 is 2.25 bits per heavy atom. The topological polar surface area (TPSA) is 26.0 Å². The predicted molar refractivity (Wildman–Crippen MR) is 85.2 cm³/mol. The number of nitrogens with two attached hydrogens (primary N) is 1. The molecule has 3 heteroatoms. The Hall–Kier alpha value is -1.19. The second kappa shape index (κ2) is 6.06. The number of hydrogen-bond donors (Lipinski definition) is 1. The fourth-order valence-corrected chi connectivity index (χ4v) is 2.72. The zero-order valence-corrected chi connectivity index (χ0v) is 13.4. The van der Waals surface area contributed by atoms with Gasteiger partial charge in [-0.2, -0.15) is 0 Å². The van der Waals surface area contributed by atoms with Crippen molar-refractivity contribution in [3.05, 3.63) is 69.4 Å². The third-order valence-electron chi connectivity index (χ3n) is 3.58. The molecule has 2 aromatic rings. The van der Waals surface area contributed by atoms with Gasteiger partial charge in [0.2, 0.25) is 0 Å². The van der Waals surface area contributed by atoms with Gasteiger partial charge in [-0.25, -0.2) is 4.39 Å². The molecule has 2 rings (SSSR count). The van der Waals surface area contributed by atoms with E-state index in [1.807, 2.05) is 6.92 Å². The number of rotatable bonds is 4. The van der Waals surface area contributed by atoms with Gasteiger partial charge in [0.15, 0.2) is 0 Å². The van der Waals surface area contributed by atoms with E-state index in [-0.39, 0.29) is 5.82 Å². The van der Waals surface area contributed by atoms with Crippen LogP contribution in [0.4, 0.5) is 4.39 Å². The second-order valence-corrected chi connectivity index (χ2v) is 6.25. The molecule has 1 nitrogen and oxygen atoms in total. The lowest BCUT2D eigenvalue weighted by Gasteiger charge is -2.26. The maximum absolute atomic E-state index is 13.3. The molecule has 0 spiro atoms. The molecule has 0 saturated carbocycles. The van der Waals surface area contributed by atoms with Gasteiger partial charge in [-0.1, -0.05) is 37.3 Å². The normalized spacial score (nSPS) is 14.1. The molecule has 0 aromatic heterocycles. The highest BCUT2D eigenvalue weighted by atomic mass is 79.9. The van der Waals surface area contributed by atoms with Gasteiger partial charge in [0.25, 0.3) is 0 Å².